The van der Waals surface area contributed by atoms with Crippen molar-refractivity contribution in [1.82, 2.24) is 0 Å². The Bertz CT molecular complexity index is 651. The zero-order chi connectivity index (χ0) is 24.3. The van der Waals surface area contributed by atoms with E-state index in [0.717, 1.165) is 0 Å². The number of halogens is 6. The molecule has 0 fully saturated rings. The average molecular weight is 511 g/mol. The van der Waals surface area contributed by atoms with Gasteiger partial charge in [-0.1, -0.05) is 40.0 Å². The highest BCUT2D eigenvalue weighted by Gasteiger charge is 2.48. The number of hydrogen-bond acceptors (Lipinski definition) is 4. The summed E-state index contributed by atoms with van der Waals surface area (Å²) in [4.78, 5) is 0. The van der Waals surface area contributed by atoms with Crippen LogP contribution in [0.15, 0.2) is 4.40 Å². The summed E-state index contributed by atoms with van der Waals surface area (Å²) in [5.74, 6) is 0. The second-order valence-corrected chi connectivity index (χ2v) is 14.9. The topological polar surface area (TPSA) is 80.6 Å². The Hall–Kier alpha value is -0.420. The Morgan fingerprint density at radius 2 is 1.07 bits per heavy atom. The van der Waals surface area contributed by atoms with Crippen molar-refractivity contribution in [3.8, 4) is 0 Å². The van der Waals surface area contributed by atoms with E-state index in [4.69, 9.17) is 0 Å². The van der Waals surface area contributed by atoms with E-state index < -0.39 is 43.7 Å². The van der Waals surface area contributed by atoms with Crippen LogP contribution >= 0.6 is 7.26 Å². The molecule has 0 heterocycles. The normalized spacial score (nSPS) is 13.9. The molecule has 30 heavy (non-hydrogen) atoms. The zero-order valence-corrected chi connectivity index (χ0v) is 20.1. The van der Waals surface area contributed by atoms with Crippen LogP contribution in [0.4, 0.5) is 26.3 Å². The van der Waals surface area contributed by atoms with Gasteiger partial charge >= 0.3 is 21.0 Å². The highest BCUT2D eigenvalue weighted by Crippen LogP contribution is 2.57. The summed E-state index contributed by atoms with van der Waals surface area (Å²) < 4.78 is 111. The van der Waals surface area contributed by atoms with Crippen LogP contribution in [0.5, 0.6) is 0 Å². The summed E-state index contributed by atoms with van der Waals surface area (Å²) in [6.07, 6.45) is 13.2. The third-order valence-electron chi connectivity index (χ3n) is 4.09. The third kappa shape index (κ3) is 12.4. The van der Waals surface area contributed by atoms with Gasteiger partial charge in [0, 0.05) is 13.9 Å². The zero-order valence-electron chi connectivity index (χ0n) is 17.6. The summed E-state index contributed by atoms with van der Waals surface area (Å²) in [5.41, 5.74) is -13.2. The van der Waals surface area contributed by atoms with Crippen LogP contribution in [0.2, 0.25) is 0 Å². The molecule has 0 atom stereocenters. The molecule has 0 amide bonds. The monoisotopic (exact) mass is 510 g/mol. The number of unbranched alkanes of at least 4 members (excludes halogenated alkanes) is 3. The van der Waals surface area contributed by atoms with E-state index in [1.807, 2.05) is 0 Å². The summed E-state index contributed by atoms with van der Waals surface area (Å²) in [5, 5.41) is 0. The van der Waals surface area contributed by atoms with Crippen LogP contribution in [0.25, 0.3) is 0 Å². The Morgan fingerprint density at radius 1 is 0.733 bits per heavy atom. The Morgan fingerprint density at radius 3 is 1.30 bits per heavy atom. The third-order valence-corrected chi connectivity index (χ3v) is 10.4. The molecule has 5 nitrogen and oxygen atoms in total. The van der Waals surface area contributed by atoms with Crippen molar-refractivity contribution in [3.63, 3.8) is 0 Å². The number of sulfonamides is 1. The molecule has 0 spiro atoms. The maximum Gasteiger partial charge on any atom is 0.518 e. The quantitative estimate of drug-likeness (QED) is 0.152. The van der Waals surface area contributed by atoms with Gasteiger partial charge in [0.25, 0.3) is 9.84 Å². The van der Waals surface area contributed by atoms with Crippen molar-refractivity contribution in [1.29, 1.82) is 0 Å². The number of sulfone groups is 1. The second kappa shape index (κ2) is 13.2. The lowest BCUT2D eigenvalue weighted by atomic mass is 10.4. The van der Waals surface area contributed by atoms with Crippen LogP contribution in [-0.4, -0.2) is 58.5 Å². The van der Waals surface area contributed by atoms with Crippen molar-refractivity contribution in [3.05, 3.63) is 0 Å². The molecule has 0 aliphatic carbocycles. The fourth-order valence-electron chi connectivity index (χ4n) is 2.19. The first-order valence-corrected chi connectivity index (χ1v) is 15.2. The van der Waals surface area contributed by atoms with Crippen LogP contribution in [-0.2, 0) is 19.9 Å². The molecule has 0 aliphatic rings. The Balaban J connectivity index is 0. The van der Waals surface area contributed by atoms with Gasteiger partial charge in [-0.05, 0) is 19.3 Å². The number of alkyl halides is 6. The van der Waals surface area contributed by atoms with Gasteiger partial charge in [-0.2, -0.15) is 39.2 Å². The van der Waals surface area contributed by atoms with Crippen molar-refractivity contribution in [2.75, 3.05) is 25.2 Å². The lowest BCUT2D eigenvalue weighted by Crippen LogP contribution is -2.26. The van der Waals surface area contributed by atoms with Crippen LogP contribution < -0.4 is 0 Å². The fraction of sp³-hybridized carbons (Fsp3) is 0.938. The Labute approximate surface area is 176 Å². The first-order valence-electron chi connectivity index (χ1n) is 9.40. The minimum Gasteiger partial charge on any atom is -0.213 e. The molecule has 0 N–H and O–H groups in total. The fourth-order valence-corrected chi connectivity index (χ4v) is 7.24. The summed E-state index contributed by atoms with van der Waals surface area (Å²) >= 11 is 0. The molecular weight excluding hydrogens is 479 g/mol. The predicted octanol–water partition coefficient (Wildman–Crippen LogP) is 5.83. The minimum absolute atomic E-state index is 0.519. The van der Waals surface area contributed by atoms with Crippen molar-refractivity contribution in [2.24, 2.45) is 4.40 Å². The minimum atomic E-state index is -6.30. The standard InChI is InChI=1S/C13H30P.C3HF6NO4S2/c1-5-8-11-14(4,12-9-6-2)13-10-7-3;4-2(5,6)15(11,12)1-10-16(13,14)3(7,8)9/h5-13H2,1-4H3;1H/q+1;/b;10-1+. The highest BCUT2D eigenvalue weighted by atomic mass is 32.2. The molecule has 0 rings (SSSR count). The van der Waals surface area contributed by atoms with E-state index in [1.54, 1.807) is 18.5 Å². The maximum atomic E-state index is 11.5. The van der Waals surface area contributed by atoms with E-state index in [9.17, 15) is 43.2 Å². The largest absolute Gasteiger partial charge is 0.518 e. The van der Waals surface area contributed by atoms with Gasteiger partial charge in [0.1, 0.15) is 5.55 Å². The lowest BCUT2D eigenvalue weighted by Gasteiger charge is -2.22. The summed E-state index contributed by atoms with van der Waals surface area (Å²) in [7, 11) is -13.0. The van der Waals surface area contributed by atoms with Gasteiger partial charge in [-0.25, -0.2) is 8.42 Å². The predicted molar refractivity (Wildman–Crippen MR) is 111 cm³/mol. The molecule has 0 saturated heterocycles. The SMILES string of the molecule is CCCC[P+](C)(CCCC)CCCC.O=S(=O)(/C=N/S(=O)(=O)C(F)(F)F)C(F)(F)F. The van der Waals surface area contributed by atoms with E-state index in [2.05, 4.69) is 27.4 Å². The van der Waals surface area contributed by atoms with Crippen LogP contribution in [0.1, 0.15) is 59.3 Å². The number of rotatable bonds is 11. The number of nitrogens with zero attached hydrogens (tertiary/aromatic N) is 1. The number of hydrogen-bond donors (Lipinski definition) is 0. The molecule has 0 aromatic heterocycles. The van der Waals surface area contributed by atoms with Crippen molar-refractivity contribution >= 4 is 32.7 Å². The van der Waals surface area contributed by atoms with E-state index in [0.29, 0.717) is 0 Å². The van der Waals surface area contributed by atoms with Crippen LogP contribution in [0.3, 0.4) is 0 Å². The molecule has 0 radical (unpaired) electrons. The van der Waals surface area contributed by atoms with E-state index in [1.165, 1.54) is 42.9 Å². The molecule has 182 valence electrons. The second-order valence-electron chi connectivity index (χ2n) is 6.97. The van der Waals surface area contributed by atoms with Crippen molar-refractivity contribution in [2.45, 2.75) is 70.3 Å². The molecule has 0 unspecified atom stereocenters. The maximum absolute atomic E-state index is 11.5. The van der Waals surface area contributed by atoms with E-state index >= 15 is 0 Å². The van der Waals surface area contributed by atoms with Gasteiger partial charge in [0.15, 0.2) is 0 Å². The van der Waals surface area contributed by atoms with E-state index in [-0.39, 0.29) is 0 Å². The molecule has 14 heteroatoms. The molecule has 0 aliphatic heterocycles. The smallest absolute Gasteiger partial charge is 0.213 e. The molecule has 0 saturated carbocycles. The Kier molecular flexibility index (Phi) is 14.0. The van der Waals surface area contributed by atoms with Gasteiger partial charge in [0.05, 0.1) is 18.5 Å². The average Bonchev–Trinajstić information content (AvgIpc) is 2.60. The van der Waals surface area contributed by atoms with Gasteiger partial charge < -0.3 is 0 Å². The van der Waals surface area contributed by atoms with Crippen LogP contribution in [0, 0.1) is 0 Å². The molecule has 0 aromatic carbocycles. The first-order chi connectivity index (χ1) is 13.4. The summed E-state index contributed by atoms with van der Waals surface area (Å²) in [6.45, 7) is 9.59. The highest BCUT2D eigenvalue weighted by molar-refractivity contribution is 8.06. The van der Waals surface area contributed by atoms with Gasteiger partial charge in [-0.3, -0.25) is 0 Å². The summed E-state index contributed by atoms with van der Waals surface area (Å²) in [6, 6.07) is 0. The van der Waals surface area contributed by atoms with Crippen molar-refractivity contribution < 1.29 is 43.2 Å². The first kappa shape index (κ1) is 31.8. The molecular formula is C16H31F6NO4PS2+. The lowest BCUT2D eigenvalue weighted by molar-refractivity contribution is -0.0440. The van der Waals surface area contributed by atoms with Gasteiger partial charge in [-0.15, -0.1) is 0 Å². The van der Waals surface area contributed by atoms with Gasteiger partial charge in [0.2, 0.25) is 0 Å². The molecule has 0 aromatic rings. The molecule has 0 bridgehead atoms.